The fraction of sp³-hybridized carbons (Fsp3) is 0.333. The Bertz CT molecular complexity index is 551. The number of hydrogen-bond acceptors (Lipinski definition) is 3. The van der Waals surface area contributed by atoms with E-state index in [9.17, 15) is 4.79 Å². The number of hydrogen-bond donors (Lipinski definition) is 2. The summed E-state index contributed by atoms with van der Waals surface area (Å²) >= 11 is 0. The highest BCUT2D eigenvalue weighted by molar-refractivity contribution is 5.93. The highest BCUT2D eigenvalue weighted by Crippen LogP contribution is 2.17. The van der Waals surface area contributed by atoms with Crippen LogP contribution in [-0.4, -0.2) is 22.2 Å². The normalized spacial score (nSPS) is 12.1. The first-order chi connectivity index (χ1) is 9.70. The van der Waals surface area contributed by atoms with E-state index >= 15 is 0 Å². The zero-order valence-electron chi connectivity index (χ0n) is 11.6. The Kier molecular flexibility index (Phi) is 4.90. The van der Waals surface area contributed by atoms with E-state index < -0.39 is 0 Å². The number of amides is 1. The maximum Gasteiger partial charge on any atom is 0.227 e. The fourth-order valence-electron chi connectivity index (χ4n) is 1.99. The number of para-hydroxylation sites is 1. The predicted octanol–water partition coefficient (Wildman–Crippen LogP) is 1.85. The summed E-state index contributed by atoms with van der Waals surface area (Å²) in [4.78, 5) is 12.1. The van der Waals surface area contributed by atoms with Gasteiger partial charge in [0.2, 0.25) is 5.91 Å². The number of benzene rings is 1. The first kappa shape index (κ1) is 14.3. The van der Waals surface area contributed by atoms with Gasteiger partial charge in [0.05, 0.1) is 6.54 Å². The smallest absolute Gasteiger partial charge is 0.227 e. The van der Waals surface area contributed by atoms with Gasteiger partial charge >= 0.3 is 0 Å². The van der Waals surface area contributed by atoms with E-state index in [0.717, 1.165) is 11.3 Å². The van der Waals surface area contributed by atoms with Crippen molar-refractivity contribution >= 4 is 11.6 Å². The second-order valence-corrected chi connectivity index (χ2v) is 4.83. The van der Waals surface area contributed by atoms with Crippen LogP contribution in [0, 0.1) is 5.92 Å². The van der Waals surface area contributed by atoms with Gasteiger partial charge in [0.15, 0.2) is 0 Å². The maximum absolute atomic E-state index is 12.1. The molecule has 3 N–H and O–H groups in total. The molecule has 1 aromatic heterocycles. The van der Waals surface area contributed by atoms with Crippen molar-refractivity contribution in [3.05, 3.63) is 48.3 Å². The van der Waals surface area contributed by atoms with Gasteiger partial charge in [0.1, 0.15) is 0 Å². The molecule has 0 aliphatic rings. The molecule has 0 radical (unpaired) electrons. The Morgan fingerprint density at radius 3 is 2.90 bits per heavy atom. The van der Waals surface area contributed by atoms with Crippen LogP contribution in [0.15, 0.2) is 42.7 Å². The quantitative estimate of drug-likeness (QED) is 0.843. The third-order valence-electron chi connectivity index (χ3n) is 3.21. The third kappa shape index (κ3) is 3.68. The summed E-state index contributed by atoms with van der Waals surface area (Å²) in [6, 6.07) is 9.65. The Hall–Kier alpha value is -2.14. The van der Waals surface area contributed by atoms with Gasteiger partial charge in [-0.1, -0.05) is 25.1 Å². The van der Waals surface area contributed by atoms with Crippen LogP contribution >= 0.6 is 0 Å². The lowest BCUT2D eigenvalue weighted by atomic mass is 10.1. The first-order valence-electron chi connectivity index (χ1n) is 6.77. The zero-order valence-corrected chi connectivity index (χ0v) is 11.6. The van der Waals surface area contributed by atoms with E-state index in [1.807, 2.05) is 48.1 Å². The van der Waals surface area contributed by atoms with Crippen molar-refractivity contribution < 1.29 is 4.79 Å². The number of rotatable bonds is 6. The van der Waals surface area contributed by atoms with Crippen molar-refractivity contribution in [3.8, 4) is 0 Å². The molecule has 106 valence electrons. The molecule has 1 heterocycles. The summed E-state index contributed by atoms with van der Waals surface area (Å²) < 4.78 is 1.83. The molecule has 0 fully saturated rings. The number of nitrogens with one attached hydrogen (secondary N) is 1. The van der Waals surface area contributed by atoms with Gasteiger partial charge in [-0.2, -0.15) is 5.10 Å². The average Bonchev–Trinajstić information content (AvgIpc) is 2.94. The van der Waals surface area contributed by atoms with Crippen LogP contribution in [0.2, 0.25) is 0 Å². The summed E-state index contributed by atoms with van der Waals surface area (Å²) in [5.74, 6) is -0.0823. The maximum atomic E-state index is 12.1. The number of anilines is 1. The minimum Gasteiger partial charge on any atom is -0.330 e. The molecule has 2 aromatic rings. The van der Waals surface area contributed by atoms with Crippen molar-refractivity contribution in [2.75, 3.05) is 11.9 Å². The minimum atomic E-state index is -0.0854. The van der Waals surface area contributed by atoms with E-state index in [4.69, 9.17) is 5.73 Å². The number of carbonyl (C=O) groups is 1. The van der Waals surface area contributed by atoms with Gasteiger partial charge in [-0.15, -0.1) is 0 Å². The largest absolute Gasteiger partial charge is 0.330 e. The Morgan fingerprint density at radius 2 is 2.20 bits per heavy atom. The summed E-state index contributed by atoms with van der Waals surface area (Å²) in [5.41, 5.74) is 7.35. The Morgan fingerprint density at radius 1 is 1.40 bits per heavy atom. The Balaban J connectivity index is 2.09. The van der Waals surface area contributed by atoms with Crippen LogP contribution in [0.3, 0.4) is 0 Å². The third-order valence-corrected chi connectivity index (χ3v) is 3.21. The molecule has 2 rings (SSSR count). The van der Waals surface area contributed by atoms with Crippen LogP contribution < -0.4 is 11.1 Å². The highest BCUT2D eigenvalue weighted by atomic mass is 16.1. The van der Waals surface area contributed by atoms with Gasteiger partial charge in [-0.25, -0.2) is 0 Å². The summed E-state index contributed by atoms with van der Waals surface area (Å²) in [6.45, 7) is 3.04. The van der Waals surface area contributed by atoms with Crippen LogP contribution in [0.5, 0.6) is 0 Å². The first-order valence-corrected chi connectivity index (χ1v) is 6.77. The molecule has 1 unspecified atom stereocenters. The minimum absolute atomic E-state index is 0.00312. The number of carbonyl (C=O) groups excluding carboxylic acids is 1. The van der Waals surface area contributed by atoms with E-state index in [0.29, 0.717) is 19.5 Å². The lowest BCUT2D eigenvalue weighted by Gasteiger charge is -2.14. The number of aromatic nitrogens is 2. The molecule has 1 atom stereocenters. The molecule has 5 nitrogen and oxygen atoms in total. The molecule has 0 saturated heterocycles. The van der Waals surface area contributed by atoms with Gasteiger partial charge in [-0.3, -0.25) is 9.48 Å². The van der Waals surface area contributed by atoms with Gasteiger partial charge < -0.3 is 11.1 Å². The average molecular weight is 272 g/mol. The van der Waals surface area contributed by atoms with Crippen molar-refractivity contribution in [1.29, 1.82) is 0 Å². The fourth-order valence-corrected chi connectivity index (χ4v) is 1.99. The molecule has 0 bridgehead atoms. The highest BCUT2D eigenvalue weighted by Gasteiger charge is 2.13. The molecule has 1 aromatic carbocycles. The van der Waals surface area contributed by atoms with E-state index in [1.165, 1.54) is 0 Å². The Labute approximate surface area is 118 Å². The number of nitrogens with two attached hydrogens (primary N) is 1. The molecule has 1 amide bonds. The predicted molar refractivity (Wildman–Crippen MR) is 79.2 cm³/mol. The molecule has 0 aliphatic heterocycles. The van der Waals surface area contributed by atoms with Crippen LogP contribution in [0.4, 0.5) is 5.69 Å². The van der Waals surface area contributed by atoms with Crippen LogP contribution in [0.25, 0.3) is 0 Å². The second kappa shape index (κ2) is 6.86. The summed E-state index contributed by atoms with van der Waals surface area (Å²) in [7, 11) is 0. The lowest BCUT2D eigenvalue weighted by molar-refractivity contribution is -0.119. The van der Waals surface area contributed by atoms with Crippen LogP contribution in [0.1, 0.15) is 18.9 Å². The van der Waals surface area contributed by atoms with E-state index in [2.05, 4.69) is 10.4 Å². The van der Waals surface area contributed by atoms with E-state index in [-0.39, 0.29) is 11.8 Å². The lowest BCUT2D eigenvalue weighted by Crippen LogP contribution is -2.23. The molecule has 0 saturated carbocycles. The van der Waals surface area contributed by atoms with Crippen molar-refractivity contribution in [2.45, 2.75) is 19.9 Å². The van der Waals surface area contributed by atoms with Gasteiger partial charge in [-0.05, 0) is 30.7 Å². The van der Waals surface area contributed by atoms with Crippen molar-refractivity contribution in [3.63, 3.8) is 0 Å². The van der Waals surface area contributed by atoms with Crippen molar-refractivity contribution in [2.24, 2.45) is 11.7 Å². The van der Waals surface area contributed by atoms with Crippen molar-refractivity contribution in [1.82, 2.24) is 9.78 Å². The SMILES string of the molecule is CC(CCN)C(=O)Nc1ccccc1Cn1cccn1. The second-order valence-electron chi connectivity index (χ2n) is 4.83. The van der Waals surface area contributed by atoms with Gasteiger partial charge in [0, 0.05) is 24.0 Å². The monoisotopic (exact) mass is 272 g/mol. The molecule has 0 spiro atoms. The number of nitrogens with zero attached hydrogens (tertiary/aromatic N) is 2. The summed E-state index contributed by atoms with van der Waals surface area (Å²) in [5, 5.41) is 7.16. The zero-order chi connectivity index (χ0) is 14.4. The standard InChI is InChI=1S/C15H20N4O/c1-12(7-8-16)15(20)18-14-6-3-2-5-13(14)11-19-10-4-9-17-19/h2-6,9-10,12H,7-8,11,16H2,1H3,(H,18,20). The van der Waals surface area contributed by atoms with E-state index in [1.54, 1.807) is 6.20 Å². The molecule has 5 heteroatoms. The molecular formula is C15H20N4O. The molecule has 0 aliphatic carbocycles. The van der Waals surface area contributed by atoms with Gasteiger partial charge in [0.25, 0.3) is 0 Å². The van der Waals surface area contributed by atoms with Crippen LogP contribution in [-0.2, 0) is 11.3 Å². The summed E-state index contributed by atoms with van der Waals surface area (Å²) in [6.07, 6.45) is 4.33. The molecular weight excluding hydrogens is 252 g/mol. The molecule has 20 heavy (non-hydrogen) atoms. The topological polar surface area (TPSA) is 72.9 Å².